The van der Waals surface area contributed by atoms with Gasteiger partial charge in [-0.15, -0.1) is 0 Å². The number of carbonyl (C=O) groups is 2. The molecule has 1 atom stereocenters. The molecular formula is C10H11ClN2O3. The van der Waals surface area contributed by atoms with Crippen LogP contribution >= 0.6 is 11.6 Å². The molecule has 1 aromatic rings. The molecule has 16 heavy (non-hydrogen) atoms. The van der Waals surface area contributed by atoms with Crippen LogP contribution in [0.2, 0.25) is 5.02 Å². The molecule has 0 saturated carbocycles. The van der Waals surface area contributed by atoms with E-state index in [1.54, 1.807) is 24.3 Å². The first kappa shape index (κ1) is 12.5. The molecule has 0 saturated heterocycles. The van der Waals surface area contributed by atoms with Crippen LogP contribution in [0.5, 0.6) is 0 Å². The quantitative estimate of drug-likeness (QED) is 0.711. The number of halogens is 1. The van der Waals surface area contributed by atoms with E-state index in [4.69, 9.17) is 11.6 Å². The largest absolute Gasteiger partial charge is 0.544 e. The molecule has 0 aromatic heterocycles. The van der Waals surface area contributed by atoms with Crippen LogP contribution < -0.4 is 16.2 Å². The first-order valence-corrected chi connectivity index (χ1v) is 4.96. The Hall–Kier alpha value is -1.59. The number of anilines is 1. The lowest BCUT2D eigenvalue weighted by atomic mass is 10.2. The maximum Gasteiger partial charge on any atom is 0.230 e. The number of aliphatic carboxylic acids is 1. The van der Waals surface area contributed by atoms with Gasteiger partial charge >= 0.3 is 0 Å². The van der Waals surface area contributed by atoms with Crippen molar-refractivity contribution < 1.29 is 20.4 Å². The highest BCUT2D eigenvalue weighted by molar-refractivity contribution is 6.30. The molecule has 0 heterocycles. The van der Waals surface area contributed by atoms with E-state index in [9.17, 15) is 14.7 Å². The molecule has 4 N–H and O–H groups in total. The van der Waals surface area contributed by atoms with Crippen molar-refractivity contribution in [2.24, 2.45) is 0 Å². The Kier molecular flexibility index (Phi) is 4.28. The smallest absolute Gasteiger partial charge is 0.230 e. The van der Waals surface area contributed by atoms with Crippen molar-refractivity contribution in [3.05, 3.63) is 29.3 Å². The van der Waals surface area contributed by atoms with Crippen LogP contribution in [-0.2, 0) is 9.59 Å². The van der Waals surface area contributed by atoms with Gasteiger partial charge in [-0.2, -0.15) is 0 Å². The van der Waals surface area contributed by atoms with Gasteiger partial charge in [0.25, 0.3) is 0 Å². The molecule has 1 aromatic carbocycles. The molecule has 0 aliphatic heterocycles. The van der Waals surface area contributed by atoms with Gasteiger partial charge in [0.2, 0.25) is 5.91 Å². The minimum atomic E-state index is -1.34. The molecule has 0 aliphatic carbocycles. The molecule has 1 rings (SSSR count). The van der Waals surface area contributed by atoms with Gasteiger partial charge in [0.1, 0.15) is 6.04 Å². The zero-order valence-electron chi connectivity index (χ0n) is 8.40. The molecule has 0 fully saturated rings. The zero-order valence-corrected chi connectivity index (χ0v) is 9.16. The number of carboxylic acids is 1. The number of carboxylic acid groups (broad SMARTS) is 1. The second-order valence-corrected chi connectivity index (χ2v) is 3.71. The normalized spacial score (nSPS) is 11.9. The molecule has 1 amide bonds. The summed E-state index contributed by atoms with van der Waals surface area (Å²) in [7, 11) is 0. The highest BCUT2D eigenvalue weighted by atomic mass is 35.5. The predicted molar refractivity (Wildman–Crippen MR) is 56.4 cm³/mol. The van der Waals surface area contributed by atoms with Crippen molar-refractivity contribution in [2.45, 2.75) is 12.5 Å². The van der Waals surface area contributed by atoms with Crippen LogP contribution in [0, 0.1) is 0 Å². The number of hydrogen-bond donors (Lipinski definition) is 2. The minimum absolute atomic E-state index is 0.217. The van der Waals surface area contributed by atoms with E-state index in [0.717, 1.165) is 0 Å². The maximum absolute atomic E-state index is 11.3. The predicted octanol–water partition coefficient (Wildman–Crippen LogP) is -0.971. The summed E-state index contributed by atoms with van der Waals surface area (Å²) in [6.07, 6.45) is -0.217. The summed E-state index contributed by atoms with van der Waals surface area (Å²) in [5, 5.41) is 13.4. The molecule has 86 valence electrons. The van der Waals surface area contributed by atoms with Crippen LogP contribution in [0.25, 0.3) is 0 Å². The molecule has 6 heteroatoms. The molecule has 0 radical (unpaired) electrons. The van der Waals surface area contributed by atoms with Crippen molar-refractivity contribution in [2.75, 3.05) is 5.32 Å². The molecule has 0 spiro atoms. The Balaban J connectivity index is 2.52. The fourth-order valence-corrected chi connectivity index (χ4v) is 1.18. The Bertz CT molecular complexity index is 392. The Morgan fingerprint density at radius 3 is 2.44 bits per heavy atom. The van der Waals surface area contributed by atoms with Gasteiger partial charge in [-0.05, 0) is 24.3 Å². The molecular weight excluding hydrogens is 232 g/mol. The summed E-state index contributed by atoms with van der Waals surface area (Å²) >= 11 is 5.67. The highest BCUT2D eigenvalue weighted by Crippen LogP contribution is 2.13. The summed E-state index contributed by atoms with van der Waals surface area (Å²) < 4.78 is 0. The summed E-state index contributed by atoms with van der Waals surface area (Å²) in [6, 6.07) is 5.44. The van der Waals surface area contributed by atoms with E-state index in [0.29, 0.717) is 10.7 Å². The van der Waals surface area contributed by atoms with E-state index in [1.165, 1.54) is 0 Å². The van der Waals surface area contributed by atoms with Crippen LogP contribution in [0.15, 0.2) is 24.3 Å². The number of amides is 1. The first-order chi connectivity index (χ1) is 7.49. The van der Waals surface area contributed by atoms with Gasteiger partial charge in [-0.3, -0.25) is 4.79 Å². The van der Waals surface area contributed by atoms with Gasteiger partial charge in [0, 0.05) is 10.7 Å². The summed E-state index contributed by atoms with van der Waals surface area (Å²) in [5.74, 6) is -1.77. The third-order valence-electron chi connectivity index (χ3n) is 1.89. The second kappa shape index (κ2) is 5.48. The Morgan fingerprint density at radius 1 is 1.38 bits per heavy atom. The number of rotatable bonds is 4. The van der Waals surface area contributed by atoms with Crippen LogP contribution in [-0.4, -0.2) is 17.9 Å². The summed E-state index contributed by atoms with van der Waals surface area (Å²) in [4.78, 5) is 21.7. The van der Waals surface area contributed by atoms with Crippen molar-refractivity contribution in [3.8, 4) is 0 Å². The number of carbonyl (C=O) groups excluding carboxylic acids is 2. The minimum Gasteiger partial charge on any atom is -0.544 e. The van der Waals surface area contributed by atoms with E-state index in [-0.39, 0.29) is 6.42 Å². The molecule has 5 nitrogen and oxygen atoms in total. The van der Waals surface area contributed by atoms with E-state index < -0.39 is 17.9 Å². The number of quaternary nitrogens is 1. The van der Waals surface area contributed by atoms with E-state index in [1.807, 2.05) is 0 Å². The Morgan fingerprint density at radius 2 is 1.94 bits per heavy atom. The topological polar surface area (TPSA) is 96.9 Å². The maximum atomic E-state index is 11.3. The average molecular weight is 243 g/mol. The van der Waals surface area contributed by atoms with Crippen LogP contribution in [0.4, 0.5) is 5.69 Å². The fraction of sp³-hybridized carbons (Fsp3) is 0.200. The highest BCUT2D eigenvalue weighted by Gasteiger charge is 2.13. The van der Waals surface area contributed by atoms with Crippen molar-refractivity contribution in [1.82, 2.24) is 0 Å². The number of benzene rings is 1. The second-order valence-electron chi connectivity index (χ2n) is 3.28. The SMILES string of the molecule is [NH3+]C(CC(=O)Nc1ccc(Cl)cc1)C(=O)[O-]. The van der Waals surface area contributed by atoms with Crippen molar-refractivity contribution in [3.63, 3.8) is 0 Å². The fourth-order valence-electron chi connectivity index (χ4n) is 1.05. The zero-order chi connectivity index (χ0) is 12.1. The Labute approximate surface area is 97.2 Å². The monoisotopic (exact) mass is 242 g/mol. The van der Waals surface area contributed by atoms with Crippen molar-refractivity contribution in [1.29, 1.82) is 0 Å². The third-order valence-corrected chi connectivity index (χ3v) is 2.15. The molecule has 0 bridgehead atoms. The molecule has 0 aliphatic rings. The van der Waals surface area contributed by atoms with E-state index >= 15 is 0 Å². The van der Waals surface area contributed by atoms with Crippen LogP contribution in [0.1, 0.15) is 6.42 Å². The van der Waals surface area contributed by atoms with Gasteiger partial charge in [-0.1, -0.05) is 11.6 Å². The van der Waals surface area contributed by atoms with Gasteiger partial charge in [0.15, 0.2) is 0 Å². The number of nitrogens with one attached hydrogen (secondary N) is 1. The lowest BCUT2D eigenvalue weighted by molar-refractivity contribution is -0.436. The molecule has 1 unspecified atom stereocenters. The summed E-state index contributed by atoms with van der Waals surface area (Å²) in [6.45, 7) is 0. The lowest BCUT2D eigenvalue weighted by Gasteiger charge is -2.09. The standard InChI is InChI=1S/C10H11ClN2O3/c11-6-1-3-7(4-2-6)13-9(14)5-8(12)10(15)16/h1-4,8H,5,12H2,(H,13,14)(H,15,16). The third kappa shape index (κ3) is 3.88. The lowest BCUT2D eigenvalue weighted by Crippen LogP contribution is -2.69. The first-order valence-electron chi connectivity index (χ1n) is 4.58. The summed E-state index contributed by atoms with van der Waals surface area (Å²) in [5.41, 5.74) is 3.84. The number of hydrogen-bond acceptors (Lipinski definition) is 3. The van der Waals surface area contributed by atoms with Gasteiger partial charge in [-0.25, -0.2) is 0 Å². The average Bonchev–Trinajstić information content (AvgIpc) is 2.21. The van der Waals surface area contributed by atoms with Crippen LogP contribution in [0.3, 0.4) is 0 Å². The van der Waals surface area contributed by atoms with Gasteiger partial charge < -0.3 is 21.0 Å². The van der Waals surface area contributed by atoms with E-state index in [2.05, 4.69) is 11.1 Å². The van der Waals surface area contributed by atoms with Crippen molar-refractivity contribution >= 4 is 29.2 Å². The van der Waals surface area contributed by atoms with Gasteiger partial charge in [0.05, 0.1) is 12.4 Å².